The van der Waals surface area contributed by atoms with Gasteiger partial charge in [-0.1, -0.05) is 0 Å². The van der Waals surface area contributed by atoms with E-state index in [9.17, 15) is 4.79 Å². The van der Waals surface area contributed by atoms with Crippen molar-refractivity contribution in [2.45, 2.75) is 156 Å². The number of rotatable bonds is 24. The first-order chi connectivity index (χ1) is 17.2. The SMILES string of the molecule is CCCCCCC[CH2][Sn]([CH2]CCCCCCC)([CH2]CCCCCCC)[O]C(=O)Cc1ccccc1. The van der Waals surface area contributed by atoms with Gasteiger partial charge in [0.25, 0.3) is 0 Å². The van der Waals surface area contributed by atoms with Gasteiger partial charge in [-0.15, -0.1) is 0 Å². The Balaban J connectivity index is 2.77. The molecule has 0 amide bonds. The molecule has 0 spiro atoms. The van der Waals surface area contributed by atoms with Crippen molar-refractivity contribution in [2.24, 2.45) is 0 Å². The molecule has 35 heavy (non-hydrogen) atoms. The van der Waals surface area contributed by atoms with Crippen molar-refractivity contribution in [1.82, 2.24) is 0 Å². The third-order valence-electron chi connectivity index (χ3n) is 7.48. The summed E-state index contributed by atoms with van der Waals surface area (Å²) in [6.07, 6.45) is 24.4. The fourth-order valence-corrected chi connectivity index (χ4v) is 17.5. The minimum atomic E-state index is -2.99. The van der Waals surface area contributed by atoms with Crippen LogP contribution in [0, 0.1) is 0 Å². The van der Waals surface area contributed by atoms with Crippen LogP contribution in [0.25, 0.3) is 0 Å². The molecule has 1 aromatic carbocycles. The van der Waals surface area contributed by atoms with Gasteiger partial charge in [0.2, 0.25) is 0 Å². The zero-order valence-electron chi connectivity index (χ0n) is 23.8. The molecule has 0 radical (unpaired) electrons. The molecule has 0 aliphatic heterocycles. The second-order valence-corrected chi connectivity index (χ2v) is 22.5. The third kappa shape index (κ3) is 17.6. The topological polar surface area (TPSA) is 26.3 Å². The molecule has 0 fully saturated rings. The van der Waals surface area contributed by atoms with Crippen LogP contribution in [-0.4, -0.2) is 24.8 Å². The molecule has 0 unspecified atom stereocenters. The Morgan fingerprint density at radius 3 is 1.34 bits per heavy atom. The predicted octanol–water partition coefficient (Wildman–Crippen LogP) is 10.8. The molecule has 0 N–H and O–H groups in total. The molecular formula is C32H58O2Sn. The van der Waals surface area contributed by atoms with Gasteiger partial charge in [0, 0.05) is 0 Å². The molecule has 1 aromatic rings. The molecule has 0 heterocycles. The standard InChI is InChI=1S/C8H8O2.3C8H17.Sn/c9-8(10)6-7-4-2-1-3-5-7;3*1-3-5-7-8-6-4-2;/h1-5H,6H2,(H,9,10);3*1,3-8H2,2H3;/q;;;;+1/p-1. The maximum atomic E-state index is 13.2. The first-order valence-corrected chi connectivity index (χ1v) is 22.6. The summed E-state index contributed by atoms with van der Waals surface area (Å²) in [5, 5.41) is 0. The van der Waals surface area contributed by atoms with E-state index in [1.807, 2.05) is 18.2 Å². The molecule has 202 valence electrons. The molecule has 0 saturated heterocycles. The fourth-order valence-electron chi connectivity index (χ4n) is 5.25. The molecule has 0 saturated carbocycles. The molecule has 3 heteroatoms. The number of benzene rings is 1. The Morgan fingerprint density at radius 1 is 0.571 bits per heavy atom. The average molecular weight is 594 g/mol. The van der Waals surface area contributed by atoms with Crippen LogP contribution >= 0.6 is 0 Å². The summed E-state index contributed by atoms with van der Waals surface area (Å²) < 4.78 is 10.5. The fraction of sp³-hybridized carbons (Fsp3) is 0.781. The van der Waals surface area contributed by atoms with Crippen LogP contribution in [0.3, 0.4) is 0 Å². The van der Waals surface area contributed by atoms with E-state index in [0.29, 0.717) is 6.42 Å². The van der Waals surface area contributed by atoms with Crippen molar-refractivity contribution < 1.29 is 7.87 Å². The number of unbranched alkanes of at least 4 members (excludes halogenated alkanes) is 15. The number of carbonyl (C=O) groups is 1. The van der Waals surface area contributed by atoms with E-state index in [4.69, 9.17) is 3.07 Å². The van der Waals surface area contributed by atoms with E-state index in [0.717, 1.165) is 5.56 Å². The van der Waals surface area contributed by atoms with Crippen LogP contribution in [0.1, 0.15) is 142 Å². The van der Waals surface area contributed by atoms with Gasteiger partial charge in [0.15, 0.2) is 0 Å². The van der Waals surface area contributed by atoms with Gasteiger partial charge in [-0.05, 0) is 0 Å². The van der Waals surface area contributed by atoms with Gasteiger partial charge in [-0.25, -0.2) is 0 Å². The van der Waals surface area contributed by atoms with Crippen molar-refractivity contribution in [3.8, 4) is 0 Å². The minimum absolute atomic E-state index is 0.0648. The van der Waals surface area contributed by atoms with Crippen molar-refractivity contribution in [3.05, 3.63) is 35.9 Å². The van der Waals surface area contributed by atoms with E-state index in [1.54, 1.807) is 0 Å². The van der Waals surface area contributed by atoms with Gasteiger partial charge in [0.1, 0.15) is 0 Å². The average Bonchev–Trinajstić information content (AvgIpc) is 2.86. The number of hydrogen-bond acceptors (Lipinski definition) is 2. The van der Waals surface area contributed by atoms with Crippen molar-refractivity contribution >= 4 is 24.8 Å². The van der Waals surface area contributed by atoms with E-state index in [1.165, 1.54) is 129 Å². The zero-order chi connectivity index (χ0) is 25.5. The van der Waals surface area contributed by atoms with Crippen LogP contribution in [0.15, 0.2) is 30.3 Å². The normalized spacial score (nSPS) is 11.6. The molecule has 1 rings (SSSR count). The summed E-state index contributed by atoms with van der Waals surface area (Å²) in [7, 11) is 0. The quantitative estimate of drug-likeness (QED) is 0.0881. The molecule has 0 aliphatic rings. The van der Waals surface area contributed by atoms with Gasteiger partial charge in [0.05, 0.1) is 0 Å². The number of hydrogen-bond donors (Lipinski definition) is 0. The molecular weight excluding hydrogens is 535 g/mol. The Morgan fingerprint density at radius 2 is 0.943 bits per heavy atom. The summed E-state index contributed by atoms with van der Waals surface area (Å²) >= 11 is -2.99. The summed E-state index contributed by atoms with van der Waals surface area (Å²) in [5.41, 5.74) is 1.09. The zero-order valence-corrected chi connectivity index (χ0v) is 26.6. The van der Waals surface area contributed by atoms with Gasteiger partial charge in [-0.3, -0.25) is 0 Å². The summed E-state index contributed by atoms with van der Waals surface area (Å²) in [6, 6.07) is 10.2. The number of carbonyl (C=O) groups excluding carboxylic acids is 1. The Bertz CT molecular complexity index is 560. The third-order valence-corrected chi connectivity index (χ3v) is 20.2. The van der Waals surface area contributed by atoms with Crippen molar-refractivity contribution in [2.75, 3.05) is 0 Å². The monoisotopic (exact) mass is 594 g/mol. The molecule has 0 bridgehead atoms. The second-order valence-electron chi connectivity index (χ2n) is 10.9. The van der Waals surface area contributed by atoms with Crippen LogP contribution in [0.2, 0.25) is 13.3 Å². The first kappa shape index (κ1) is 32.5. The van der Waals surface area contributed by atoms with E-state index >= 15 is 0 Å². The van der Waals surface area contributed by atoms with Crippen LogP contribution in [0.4, 0.5) is 0 Å². The second kappa shape index (κ2) is 22.7. The molecule has 0 aromatic heterocycles. The summed E-state index contributed by atoms with van der Waals surface area (Å²) in [4.78, 5) is 13.2. The van der Waals surface area contributed by atoms with E-state index < -0.39 is 18.8 Å². The van der Waals surface area contributed by atoms with E-state index in [2.05, 4.69) is 32.9 Å². The Kier molecular flexibility index (Phi) is 21.1. The van der Waals surface area contributed by atoms with Crippen LogP contribution < -0.4 is 0 Å². The van der Waals surface area contributed by atoms with Gasteiger partial charge < -0.3 is 0 Å². The molecule has 2 nitrogen and oxygen atoms in total. The van der Waals surface area contributed by atoms with Crippen LogP contribution in [-0.2, 0) is 14.3 Å². The Labute approximate surface area is 223 Å². The summed E-state index contributed by atoms with van der Waals surface area (Å²) in [6.45, 7) is 6.86. The molecule has 0 aliphatic carbocycles. The maximum absolute atomic E-state index is 13.2. The summed E-state index contributed by atoms with van der Waals surface area (Å²) in [5.74, 6) is 0.0648. The van der Waals surface area contributed by atoms with Crippen LogP contribution in [0.5, 0.6) is 0 Å². The van der Waals surface area contributed by atoms with Gasteiger partial charge >= 0.3 is 225 Å². The predicted molar refractivity (Wildman–Crippen MR) is 157 cm³/mol. The first-order valence-electron chi connectivity index (χ1n) is 15.4. The van der Waals surface area contributed by atoms with Gasteiger partial charge in [-0.2, -0.15) is 0 Å². The van der Waals surface area contributed by atoms with E-state index in [-0.39, 0.29) is 5.97 Å². The van der Waals surface area contributed by atoms with Crippen molar-refractivity contribution in [1.29, 1.82) is 0 Å². The molecule has 0 atom stereocenters. The van der Waals surface area contributed by atoms with Crippen molar-refractivity contribution in [3.63, 3.8) is 0 Å². The Hall–Kier alpha value is -0.511.